The Labute approximate surface area is 104 Å². The fraction of sp³-hybridized carbons (Fsp3) is 0.714. The van der Waals surface area contributed by atoms with Gasteiger partial charge in [-0.2, -0.15) is 0 Å². The molecular formula is C14H23NO2. The average Bonchev–Trinajstić information content (AvgIpc) is 2.35. The summed E-state index contributed by atoms with van der Waals surface area (Å²) in [6.07, 6.45) is 5.12. The van der Waals surface area contributed by atoms with E-state index >= 15 is 0 Å². The monoisotopic (exact) mass is 237 g/mol. The number of hydrogen-bond donors (Lipinski definition) is 1. The molecule has 96 valence electrons. The summed E-state index contributed by atoms with van der Waals surface area (Å²) in [6, 6.07) is 0. The molecule has 1 saturated carbocycles. The van der Waals surface area contributed by atoms with Crippen LogP contribution in [0.3, 0.4) is 0 Å². The Kier molecular flexibility index (Phi) is 5.39. The van der Waals surface area contributed by atoms with Crippen LogP contribution in [0.4, 0.5) is 0 Å². The van der Waals surface area contributed by atoms with Gasteiger partial charge in [-0.15, -0.1) is 0 Å². The summed E-state index contributed by atoms with van der Waals surface area (Å²) >= 11 is 0. The Hall–Kier alpha value is -1.12. The van der Waals surface area contributed by atoms with E-state index in [1.807, 2.05) is 13.8 Å². The first-order valence-corrected chi connectivity index (χ1v) is 6.48. The predicted molar refractivity (Wildman–Crippen MR) is 68.5 cm³/mol. The third kappa shape index (κ3) is 3.99. The summed E-state index contributed by atoms with van der Waals surface area (Å²) < 4.78 is 0. The second-order valence-corrected chi connectivity index (χ2v) is 5.23. The highest BCUT2D eigenvalue weighted by atomic mass is 16.1. The van der Waals surface area contributed by atoms with Crippen molar-refractivity contribution in [2.24, 2.45) is 17.8 Å². The predicted octanol–water partition coefficient (Wildman–Crippen LogP) is 2.32. The third-order valence-corrected chi connectivity index (χ3v) is 3.58. The Morgan fingerprint density at radius 1 is 1.41 bits per heavy atom. The molecule has 1 aliphatic carbocycles. The maximum Gasteiger partial charge on any atom is 0.165 e. The first-order valence-electron chi connectivity index (χ1n) is 6.48. The van der Waals surface area contributed by atoms with Crippen molar-refractivity contribution in [2.45, 2.75) is 39.5 Å². The van der Waals surface area contributed by atoms with Gasteiger partial charge in [0.2, 0.25) is 0 Å². The molecule has 0 heterocycles. The van der Waals surface area contributed by atoms with Crippen LogP contribution in [0.5, 0.6) is 0 Å². The number of hydrogen-bond acceptors (Lipinski definition) is 3. The van der Waals surface area contributed by atoms with Gasteiger partial charge in [-0.1, -0.05) is 33.3 Å². The van der Waals surface area contributed by atoms with Crippen LogP contribution in [0, 0.1) is 17.8 Å². The molecule has 3 heteroatoms. The zero-order chi connectivity index (χ0) is 12.8. The average molecular weight is 237 g/mol. The molecule has 17 heavy (non-hydrogen) atoms. The van der Waals surface area contributed by atoms with Gasteiger partial charge in [0.1, 0.15) is 5.78 Å². The highest BCUT2D eigenvalue weighted by molar-refractivity contribution is 5.83. The summed E-state index contributed by atoms with van der Waals surface area (Å²) in [6.45, 7) is 8.22. The minimum absolute atomic E-state index is 0.106. The van der Waals surface area contributed by atoms with Crippen LogP contribution in [-0.4, -0.2) is 18.6 Å². The first-order chi connectivity index (χ1) is 8.06. The molecule has 2 atom stereocenters. The number of carbonyl (C=O) groups is 2. The molecule has 0 bridgehead atoms. The topological polar surface area (TPSA) is 46.2 Å². The van der Waals surface area contributed by atoms with Gasteiger partial charge in [0.25, 0.3) is 0 Å². The molecule has 0 aromatic heterocycles. The van der Waals surface area contributed by atoms with Crippen molar-refractivity contribution in [3.8, 4) is 0 Å². The van der Waals surface area contributed by atoms with E-state index in [1.54, 1.807) is 0 Å². The van der Waals surface area contributed by atoms with Gasteiger partial charge in [-0.25, -0.2) is 0 Å². The molecule has 1 rings (SSSR count). The molecule has 0 aromatic carbocycles. The Morgan fingerprint density at radius 2 is 2.06 bits per heavy atom. The number of carbonyl (C=O) groups excluding carboxylic acids is 2. The van der Waals surface area contributed by atoms with E-state index in [4.69, 9.17) is 0 Å². The molecule has 3 nitrogen and oxygen atoms in total. The Bertz CT molecular complexity index is 297. The summed E-state index contributed by atoms with van der Waals surface area (Å²) in [5.41, 5.74) is 0.409. The molecule has 0 amide bonds. The second kappa shape index (κ2) is 6.58. The largest absolute Gasteiger partial charge is 0.383 e. The van der Waals surface area contributed by atoms with E-state index in [1.165, 1.54) is 6.42 Å². The lowest BCUT2D eigenvalue weighted by Crippen LogP contribution is -2.36. The summed E-state index contributed by atoms with van der Waals surface area (Å²) in [5, 5.41) is 3.01. The van der Waals surface area contributed by atoms with Gasteiger partial charge in [0.05, 0.1) is 5.70 Å². The van der Waals surface area contributed by atoms with Crippen molar-refractivity contribution in [1.82, 2.24) is 5.32 Å². The van der Waals surface area contributed by atoms with Crippen molar-refractivity contribution < 1.29 is 9.59 Å². The lowest BCUT2D eigenvalue weighted by atomic mass is 9.74. The number of rotatable bonds is 6. The van der Waals surface area contributed by atoms with Crippen LogP contribution < -0.4 is 5.32 Å². The standard InChI is InChI=1S/C14H23NO2/c1-10(2)14(17)13-7-5-4-6-12(13)8-15-11(3)9-16/h9-10,12-13,15H,3-8H2,1-2H3. The molecule has 1 N–H and O–H groups in total. The van der Waals surface area contributed by atoms with E-state index in [0.717, 1.165) is 25.5 Å². The van der Waals surface area contributed by atoms with E-state index in [0.29, 0.717) is 23.9 Å². The molecule has 0 radical (unpaired) electrons. The van der Waals surface area contributed by atoms with Gasteiger partial charge < -0.3 is 5.32 Å². The van der Waals surface area contributed by atoms with Crippen LogP contribution in [0.25, 0.3) is 0 Å². The summed E-state index contributed by atoms with van der Waals surface area (Å²) in [7, 11) is 0. The molecule has 2 unspecified atom stereocenters. The number of allylic oxidation sites excluding steroid dienone is 1. The fourth-order valence-electron chi connectivity index (χ4n) is 2.56. The molecule has 0 aliphatic heterocycles. The summed E-state index contributed by atoms with van der Waals surface area (Å²) in [4.78, 5) is 22.6. The number of nitrogens with one attached hydrogen (secondary N) is 1. The van der Waals surface area contributed by atoms with Crippen molar-refractivity contribution >= 4 is 12.1 Å². The minimum atomic E-state index is 0.106. The Morgan fingerprint density at radius 3 is 2.65 bits per heavy atom. The second-order valence-electron chi connectivity index (χ2n) is 5.23. The molecule has 0 aromatic rings. The highest BCUT2D eigenvalue weighted by Gasteiger charge is 2.31. The smallest absolute Gasteiger partial charge is 0.165 e. The summed E-state index contributed by atoms with van der Waals surface area (Å²) in [5.74, 6) is 0.995. The van der Waals surface area contributed by atoms with E-state index < -0.39 is 0 Å². The Balaban J connectivity index is 2.56. The molecule has 0 saturated heterocycles. The lowest BCUT2D eigenvalue weighted by Gasteiger charge is -2.31. The highest BCUT2D eigenvalue weighted by Crippen LogP contribution is 2.32. The van der Waals surface area contributed by atoms with Crippen molar-refractivity contribution in [3.63, 3.8) is 0 Å². The van der Waals surface area contributed by atoms with Crippen LogP contribution >= 0.6 is 0 Å². The SMILES string of the molecule is C=C(C=O)NCC1CCCCC1C(=O)C(C)C. The number of ketones is 1. The van der Waals surface area contributed by atoms with Crippen LogP contribution in [0.1, 0.15) is 39.5 Å². The van der Waals surface area contributed by atoms with E-state index in [2.05, 4.69) is 11.9 Å². The minimum Gasteiger partial charge on any atom is -0.383 e. The molecular weight excluding hydrogens is 214 g/mol. The first kappa shape index (κ1) is 13.9. The fourth-order valence-corrected chi connectivity index (χ4v) is 2.56. The van der Waals surface area contributed by atoms with Crippen molar-refractivity contribution in [1.29, 1.82) is 0 Å². The zero-order valence-electron chi connectivity index (χ0n) is 10.9. The van der Waals surface area contributed by atoms with E-state index in [-0.39, 0.29) is 11.8 Å². The van der Waals surface area contributed by atoms with Gasteiger partial charge >= 0.3 is 0 Å². The molecule has 1 aliphatic rings. The third-order valence-electron chi connectivity index (χ3n) is 3.58. The van der Waals surface area contributed by atoms with Crippen molar-refractivity contribution in [2.75, 3.05) is 6.54 Å². The zero-order valence-corrected chi connectivity index (χ0v) is 10.9. The number of aldehydes is 1. The lowest BCUT2D eigenvalue weighted by molar-refractivity contribution is -0.128. The maximum atomic E-state index is 12.1. The van der Waals surface area contributed by atoms with Crippen LogP contribution in [0.15, 0.2) is 12.3 Å². The molecule has 0 spiro atoms. The normalized spacial score (nSPS) is 24.4. The van der Waals surface area contributed by atoms with Gasteiger partial charge in [-0.3, -0.25) is 9.59 Å². The molecule has 1 fully saturated rings. The van der Waals surface area contributed by atoms with Gasteiger partial charge in [0.15, 0.2) is 6.29 Å². The van der Waals surface area contributed by atoms with E-state index in [9.17, 15) is 9.59 Å². The van der Waals surface area contributed by atoms with Gasteiger partial charge in [-0.05, 0) is 18.8 Å². The van der Waals surface area contributed by atoms with Crippen LogP contribution in [0.2, 0.25) is 0 Å². The van der Waals surface area contributed by atoms with Gasteiger partial charge in [0, 0.05) is 18.4 Å². The maximum absolute atomic E-state index is 12.1. The van der Waals surface area contributed by atoms with Crippen LogP contribution in [-0.2, 0) is 9.59 Å². The van der Waals surface area contributed by atoms with Crippen molar-refractivity contribution in [3.05, 3.63) is 12.3 Å². The number of Topliss-reactive ketones (excluding diaryl/α,β-unsaturated/α-hetero) is 1. The quantitative estimate of drug-likeness (QED) is 0.569.